The van der Waals surface area contributed by atoms with Gasteiger partial charge >= 0.3 is 0 Å². The van der Waals surface area contributed by atoms with Crippen molar-refractivity contribution in [2.75, 3.05) is 6.61 Å². The van der Waals surface area contributed by atoms with Crippen LogP contribution in [0.3, 0.4) is 0 Å². The zero-order valence-electron chi connectivity index (χ0n) is 10.5. The van der Waals surface area contributed by atoms with Gasteiger partial charge in [-0.3, -0.25) is 0 Å². The Hall–Kier alpha value is -0.980. The highest BCUT2D eigenvalue weighted by atomic mass is 32.2. The maximum Gasteiger partial charge on any atom is 0.240 e. The van der Waals surface area contributed by atoms with Gasteiger partial charge in [0.25, 0.3) is 0 Å². The van der Waals surface area contributed by atoms with Gasteiger partial charge in [0.05, 0.1) is 4.90 Å². The molecule has 0 aliphatic heterocycles. The Kier molecular flexibility index (Phi) is 4.54. The maximum atomic E-state index is 13.1. The third kappa shape index (κ3) is 3.52. The third-order valence-corrected chi connectivity index (χ3v) is 5.04. The summed E-state index contributed by atoms with van der Waals surface area (Å²) in [4.78, 5) is -0.0743. The lowest BCUT2D eigenvalue weighted by Gasteiger charge is -2.30. The number of rotatable bonds is 4. The molecule has 1 aliphatic carbocycles. The van der Waals surface area contributed by atoms with Crippen molar-refractivity contribution in [3.05, 3.63) is 30.1 Å². The molecule has 1 aromatic carbocycles. The number of halogens is 1. The Balaban J connectivity index is 2.16. The molecule has 4 nitrogen and oxygen atoms in total. The first-order chi connectivity index (χ1) is 9.03. The lowest BCUT2D eigenvalue weighted by Crippen LogP contribution is -2.43. The van der Waals surface area contributed by atoms with Crippen LogP contribution >= 0.6 is 0 Å². The average Bonchev–Trinajstić information content (AvgIpc) is 2.39. The molecule has 2 atom stereocenters. The average molecular weight is 287 g/mol. The van der Waals surface area contributed by atoms with E-state index in [2.05, 4.69) is 4.72 Å². The molecule has 0 bridgehead atoms. The summed E-state index contributed by atoms with van der Waals surface area (Å²) in [6, 6.07) is 4.66. The van der Waals surface area contributed by atoms with Crippen LogP contribution < -0.4 is 4.72 Å². The summed E-state index contributed by atoms with van der Waals surface area (Å²) in [5.41, 5.74) is 0. The molecule has 19 heavy (non-hydrogen) atoms. The van der Waals surface area contributed by atoms with Crippen molar-refractivity contribution >= 4 is 10.0 Å². The Bertz CT molecular complexity index is 532. The second kappa shape index (κ2) is 5.98. The minimum Gasteiger partial charge on any atom is -0.396 e. The molecular weight excluding hydrogens is 269 g/mol. The second-order valence-electron chi connectivity index (χ2n) is 4.91. The van der Waals surface area contributed by atoms with E-state index < -0.39 is 15.8 Å². The molecule has 0 amide bonds. The summed E-state index contributed by atoms with van der Waals surface area (Å²) in [6.07, 6.45) is 3.46. The third-order valence-electron chi connectivity index (χ3n) is 3.56. The lowest BCUT2D eigenvalue weighted by atomic mass is 9.86. The van der Waals surface area contributed by atoms with Gasteiger partial charge < -0.3 is 5.11 Å². The second-order valence-corrected chi connectivity index (χ2v) is 6.63. The smallest absolute Gasteiger partial charge is 0.240 e. The molecule has 2 N–H and O–H groups in total. The molecule has 1 aliphatic rings. The summed E-state index contributed by atoms with van der Waals surface area (Å²) in [7, 11) is -3.73. The lowest BCUT2D eigenvalue weighted by molar-refractivity contribution is 0.164. The number of hydrogen-bond acceptors (Lipinski definition) is 3. The highest BCUT2D eigenvalue weighted by Crippen LogP contribution is 2.25. The first-order valence-electron chi connectivity index (χ1n) is 6.41. The minimum atomic E-state index is -3.73. The van der Waals surface area contributed by atoms with E-state index in [4.69, 9.17) is 0 Å². The van der Waals surface area contributed by atoms with Crippen LogP contribution in [0.1, 0.15) is 25.7 Å². The van der Waals surface area contributed by atoms with E-state index in [-0.39, 0.29) is 23.5 Å². The fourth-order valence-corrected chi connectivity index (χ4v) is 3.85. The van der Waals surface area contributed by atoms with Crippen LogP contribution in [0.15, 0.2) is 29.2 Å². The quantitative estimate of drug-likeness (QED) is 0.885. The van der Waals surface area contributed by atoms with Crippen LogP contribution in [0, 0.1) is 11.7 Å². The Morgan fingerprint density at radius 1 is 1.32 bits per heavy atom. The van der Waals surface area contributed by atoms with Crippen LogP contribution in [-0.2, 0) is 10.0 Å². The summed E-state index contributed by atoms with van der Waals surface area (Å²) < 4.78 is 40.0. The van der Waals surface area contributed by atoms with Gasteiger partial charge in [0.15, 0.2) is 0 Å². The van der Waals surface area contributed by atoms with E-state index in [1.807, 2.05) is 0 Å². The molecule has 0 radical (unpaired) electrons. The number of hydrogen-bond donors (Lipinski definition) is 2. The maximum absolute atomic E-state index is 13.1. The monoisotopic (exact) mass is 287 g/mol. The number of sulfonamides is 1. The molecule has 6 heteroatoms. The Morgan fingerprint density at radius 2 is 2.05 bits per heavy atom. The summed E-state index contributed by atoms with van der Waals surface area (Å²) >= 11 is 0. The van der Waals surface area contributed by atoms with Crippen molar-refractivity contribution in [2.24, 2.45) is 5.92 Å². The van der Waals surface area contributed by atoms with Crippen molar-refractivity contribution in [1.29, 1.82) is 0 Å². The number of nitrogens with one attached hydrogen (secondary N) is 1. The Morgan fingerprint density at radius 3 is 2.74 bits per heavy atom. The predicted octanol–water partition coefficient (Wildman–Crippen LogP) is 1.66. The van der Waals surface area contributed by atoms with Gasteiger partial charge in [-0.05, 0) is 37.0 Å². The topological polar surface area (TPSA) is 66.4 Å². The molecule has 0 spiro atoms. The van der Waals surface area contributed by atoms with Crippen molar-refractivity contribution in [2.45, 2.75) is 36.6 Å². The van der Waals surface area contributed by atoms with Gasteiger partial charge in [0.2, 0.25) is 10.0 Å². The minimum absolute atomic E-state index is 0.0314. The molecule has 1 aromatic rings. The first-order valence-corrected chi connectivity index (χ1v) is 7.90. The molecule has 1 saturated carbocycles. The normalized spacial score (nSPS) is 24.3. The van der Waals surface area contributed by atoms with Crippen LogP contribution in [0.4, 0.5) is 4.39 Å². The zero-order valence-corrected chi connectivity index (χ0v) is 11.4. The molecular formula is C13H18FNO3S. The van der Waals surface area contributed by atoms with E-state index in [1.54, 1.807) is 0 Å². The number of benzene rings is 1. The largest absolute Gasteiger partial charge is 0.396 e. The van der Waals surface area contributed by atoms with Gasteiger partial charge in [0, 0.05) is 12.6 Å². The van der Waals surface area contributed by atoms with Crippen molar-refractivity contribution in [1.82, 2.24) is 4.72 Å². The van der Waals surface area contributed by atoms with Crippen LogP contribution in [0.2, 0.25) is 0 Å². The molecule has 2 unspecified atom stereocenters. The van der Waals surface area contributed by atoms with Crippen molar-refractivity contribution < 1.29 is 17.9 Å². The van der Waals surface area contributed by atoms with Crippen molar-refractivity contribution in [3.63, 3.8) is 0 Å². The van der Waals surface area contributed by atoms with Gasteiger partial charge in [-0.2, -0.15) is 0 Å². The predicted molar refractivity (Wildman–Crippen MR) is 69.6 cm³/mol. The van der Waals surface area contributed by atoms with E-state index >= 15 is 0 Å². The van der Waals surface area contributed by atoms with Crippen LogP contribution in [0.25, 0.3) is 0 Å². The van der Waals surface area contributed by atoms with E-state index in [0.29, 0.717) is 6.42 Å². The molecule has 1 fully saturated rings. The van der Waals surface area contributed by atoms with Gasteiger partial charge in [-0.25, -0.2) is 17.5 Å². The van der Waals surface area contributed by atoms with Gasteiger partial charge in [-0.1, -0.05) is 18.9 Å². The standard InChI is InChI=1S/C13H18FNO3S/c14-11-5-3-6-12(8-11)19(17,18)15-13-7-2-1-4-10(13)9-16/h3,5-6,8,10,13,15-16H,1-2,4,7,9H2. The summed E-state index contributed by atoms with van der Waals surface area (Å²) in [6.45, 7) is -0.0314. The van der Waals surface area contributed by atoms with Gasteiger partial charge in [-0.15, -0.1) is 0 Å². The fraction of sp³-hybridized carbons (Fsp3) is 0.538. The molecule has 2 rings (SSSR count). The number of aliphatic hydroxyl groups excluding tert-OH is 1. The summed E-state index contributed by atoms with van der Waals surface area (Å²) in [5.74, 6) is -0.637. The summed E-state index contributed by atoms with van der Waals surface area (Å²) in [5, 5.41) is 9.28. The molecule has 0 aromatic heterocycles. The highest BCUT2D eigenvalue weighted by Gasteiger charge is 2.29. The number of aliphatic hydroxyl groups is 1. The SMILES string of the molecule is O=S(=O)(NC1CCCCC1CO)c1cccc(F)c1. The molecule has 106 valence electrons. The van der Waals surface area contributed by atoms with E-state index in [1.165, 1.54) is 18.2 Å². The molecule has 0 saturated heterocycles. The van der Waals surface area contributed by atoms with Crippen LogP contribution in [0.5, 0.6) is 0 Å². The zero-order chi connectivity index (χ0) is 13.9. The van der Waals surface area contributed by atoms with Crippen LogP contribution in [-0.4, -0.2) is 26.2 Å². The van der Waals surface area contributed by atoms with Gasteiger partial charge in [0.1, 0.15) is 5.82 Å². The van der Waals surface area contributed by atoms with E-state index in [0.717, 1.165) is 25.3 Å². The highest BCUT2D eigenvalue weighted by molar-refractivity contribution is 7.89. The Labute approximate surface area is 112 Å². The first kappa shape index (κ1) is 14.4. The van der Waals surface area contributed by atoms with E-state index in [9.17, 15) is 17.9 Å². The van der Waals surface area contributed by atoms with Crippen molar-refractivity contribution in [3.8, 4) is 0 Å². The molecule has 0 heterocycles. The fourth-order valence-electron chi connectivity index (χ4n) is 2.48.